The van der Waals surface area contributed by atoms with E-state index in [-0.39, 0.29) is 24.8 Å². The molecule has 34 heavy (non-hydrogen) atoms. The number of nitrogens with one attached hydrogen (secondary N) is 1. The lowest BCUT2D eigenvalue weighted by Crippen LogP contribution is -2.16. The standard InChI is InChI=1S/C25H21ClFN3O3S/c26-19-11-17(5-7-20(19)33-12-15-2-1-3-16(27)8-15)30-24-23-18-6-4-14(10-22(31)32)9-21(18)34-25(23)29-13-28-24/h1-3,5,7-8,11,13-14H,4,6,9-10,12H2,(H,31,32)(H,28,29,30). The number of carbonyl (C=O) groups is 1. The van der Waals surface area contributed by atoms with Gasteiger partial charge in [0, 0.05) is 17.0 Å². The molecule has 0 aliphatic heterocycles. The summed E-state index contributed by atoms with van der Waals surface area (Å²) in [5.74, 6) is 0.291. The van der Waals surface area contributed by atoms with Gasteiger partial charge in [-0.05, 0) is 66.6 Å². The third-order valence-electron chi connectivity index (χ3n) is 5.89. The number of carboxylic acids is 1. The molecule has 174 valence electrons. The third-order valence-corrected chi connectivity index (χ3v) is 7.35. The summed E-state index contributed by atoms with van der Waals surface area (Å²) in [7, 11) is 0. The molecule has 0 fully saturated rings. The number of aromatic nitrogens is 2. The van der Waals surface area contributed by atoms with Crippen LogP contribution in [0.1, 0.15) is 28.8 Å². The minimum Gasteiger partial charge on any atom is -0.487 e. The topological polar surface area (TPSA) is 84.3 Å². The number of ether oxygens (including phenoxy) is 1. The lowest BCUT2D eigenvalue weighted by atomic mass is 9.86. The molecule has 1 atom stereocenters. The molecule has 6 nitrogen and oxygen atoms in total. The maximum absolute atomic E-state index is 13.4. The molecule has 0 bridgehead atoms. The summed E-state index contributed by atoms with van der Waals surface area (Å²) in [5.41, 5.74) is 2.67. The minimum absolute atomic E-state index is 0.154. The number of hydrogen-bond donors (Lipinski definition) is 2. The Hall–Kier alpha value is -3.23. The van der Waals surface area contributed by atoms with E-state index < -0.39 is 5.97 Å². The Morgan fingerprint density at radius 2 is 2.15 bits per heavy atom. The van der Waals surface area contributed by atoms with E-state index in [0.717, 1.165) is 40.7 Å². The Kier molecular flexibility index (Phi) is 6.34. The molecule has 0 spiro atoms. The van der Waals surface area contributed by atoms with Gasteiger partial charge in [-0.25, -0.2) is 14.4 Å². The van der Waals surface area contributed by atoms with Gasteiger partial charge in [0.25, 0.3) is 0 Å². The van der Waals surface area contributed by atoms with Crippen LogP contribution in [0.2, 0.25) is 5.02 Å². The summed E-state index contributed by atoms with van der Waals surface area (Å²) < 4.78 is 19.1. The Labute approximate surface area is 204 Å². The van der Waals surface area contributed by atoms with Crippen LogP contribution in [0.15, 0.2) is 48.8 Å². The van der Waals surface area contributed by atoms with Gasteiger partial charge in [-0.3, -0.25) is 4.79 Å². The highest BCUT2D eigenvalue weighted by Crippen LogP contribution is 2.41. The number of anilines is 2. The van der Waals surface area contributed by atoms with Crippen molar-refractivity contribution in [2.24, 2.45) is 5.92 Å². The van der Waals surface area contributed by atoms with Crippen LogP contribution in [0, 0.1) is 11.7 Å². The van der Waals surface area contributed by atoms with Gasteiger partial charge in [-0.15, -0.1) is 11.3 Å². The first-order valence-corrected chi connectivity index (χ1v) is 12.1. The molecule has 5 rings (SSSR count). The number of nitrogens with zero attached hydrogens (tertiary/aromatic N) is 2. The molecule has 4 aromatic rings. The van der Waals surface area contributed by atoms with E-state index in [0.29, 0.717) is 16.6 Å². The number of fused-ring (bicyclic) bond motifs is 3. The highest BCUT2D eigenvalue weighted by molar-refractivity contribution is 7.19. The number of hydrogen-bond acceptors (Lipinski definition) is 6. The van der Waals surface area contributed by atoms with Gasteiger partial charge in [0.2, 0.25) is 0 Å². The second-order valence-corrected chi connectivity index (χ2v) is 9.79. The fourth-order valence-electron chi connectivity index (χ4n) is 4.31. The number of rotatable bonds is 7. The van der Waals surface area contributed by atoms with Crippen LogP contribution < -0.4 is 10.1 Å². The normalized spacial score (nSPS) is 15.2. The minimum atomic E-state index is -0.753. The summed E-state index contributed by atoms with van der Waals surface area (Å²) in [5, 5.41) is 13.9. The molecule has 0 radical (unpaired) electrons. The van der Waals surface area contributed by atoms with Crippen molar-refractivity contribution in [3.63, 3.8) is 0 Å². The van der Waals surface area contributed by atoms with Gasteiger partial charge in [0.15, 0.2) is 0 Å². The number of thiophene rings is 1. The average Bonchev–Trinajstić information content (AvgIpc) is 3.17. The molecule has 9 heteroatoms. The van der Waals surface area contributed by atoms with Crippen molar-refractivity contribution in [3.8, 4) is 5.75 Å². The van der Waals surface area contributed by atoms with Crippen LogP contribution in [0.4, 0.5) is 15.9 Å². The summed E-state index contributed by atoms with van der Waals surface area (Å²) in [6.45, 7) is 0.209. The predicted octanol–water partition coefficient (Wildman–Crippen LogP) is 6.39. The second-order valence-electron chi connectivity index (χ2n) is 8.30. The molecule has 2 aromatic heterocycles. The van der Waals surface area contributed by atoms with Gasteiger partial charge in [0.1, 0.15) is 35.1 Å². The summed E-state index contributed by atoms with van der Waals surface area (Å²) >= 11 is 8.06. The molecular weight excluding hydrogens is 477 g/mol. The quantitative estimate of drug-likeness (QED) is 0.308. The first kappa shape index (κ1) is 22.6. The highest BCUT2D eigenvalue weighted by atomic mass is 35.5. The molecule has 1 aliphatic carbocycles. The zero-order valence-corrected chi connectivity index (χ0v) is 19.6. The van der Waals surface area contributed by atoms with E-state index in [1.54, 1.807) is 35.6 Å². The van der Waals surface area contributed by atoms with Crippen molar-refractivity contribution in [2.75, 3.05) is 5.32 Å². The summed E-state index contributed by atoms with van der Waals surface area (Å²) in [4.78, 5) is 22.1. The van der Waals surface area contributed by atoms with Crippen molar-refractivity contribution in [2.45, 2.75) is 32.3 Å². The van der Waals surface area contributed by atoms with Crippen molar-refractivity contribution >= 4 is 50.6 Å². The molecule has 1 unspecified atom stereocenters. The Balaban J connectivity index is 1.35. The molecule has 2 N–H and O–H groups in total. The van der Waals surface area contributed by atoms with Crippen molar-refractivity contribution in [3.05, 3.63) is 75.6 Å². The van der Waals surface area contributed by atoms with E-state index in [1.165, 1.54) is 28.9 Å². The van der Waals surface area contributed by atoms with Crippen LogP contribution in [0.5, 0.6) is 5.75 Å². The van der Waals surface area contributed by atoms with Crippen molar-refractivity contribution in [1.82, 2.24) is 9.97 Å². The van der Waals surface area contributed by atoms with Gasteiger partial charge < -0.3 is 15.2 Å². The van der Waals surface area contributed by atoms with Gasteiger partial charge in [0.05, 0.1) is 10.4 Å². The molecule has 0 amide bonds. The van der Waals surface area contributed by atoms with Crippen LogP contribution >= 0.6 is 22.9 Å². The van der Waals surface area contributed by atoms with E-state index in [1.807, 2.05) is 6.07 Å². The molecular formula is C25H21ClFN3O3S. The lowest BCUT2D eigenvalue weighted by Gasteiger charge is -2.20. The zero-order chi connectivity index (χ0) is 23.7. The van der Waals surface area contributed by atoms with Crippen LogP contribution in [-0.4, -0.2) is 21.0 Å². The number of halogens is 2. The van der Waals surface area contributed by atoms with Gasteiger partial charge >= 0.3 is 5.97 Å². The van der Waals surface area contributed by atoms with E-state index in [4.69, 9.17) is 21.4 Å². The average molecular weight is 498 g/mol. The number of aliphatic carboxylic acids is 1. The van der Waals surface area contributed by atoms with E-state index in [2.05, 4.69) is 15.3 Å². The molecule has 2 heterocycles. The van der Waals surface area contributed by atoms with Gasteiger partial charge in [-0.1, -0.05) is 23.7 Å². The van der Waals surface area contributed by atoms with Crippen molar-refractivity contribution < 1.29 is 19.0 Å². The SMILES string of the molecule is O=C(O)CC1CCc2c(sc3ncnc(Nc4ccc(OCc5cccc(F)c5)c(Cl)c4)c23)C1. The first-order valence-electron chi connectivity index (χ1n) is 10.9. The Morgan fingerprint density at radius 1 is 1.26 bits per heavy atom. The number of benzene rings is 2. The monoisotopic (exact) mass is 497 g/mol. The van der Waals surface area contributed by atoms with E-state index in [9.17, 15) is 9.18 Å². The summed E-state index contributed by atoms with van der Waals surface area (Å²) in [6.07, 6.45) is 4.12. The van der Waals surface area contributed by atoms with E-state index >= 15 is 0 Å². The number of aryl methyl sites for hydroxylation is 1. The largest absolute Gasteiger partial charge is 0.487 e. The smallest absolute Gasteiger partial charge is 0.303 e. The highest BCUT2D eigenvalue weighted by Gasteiger charge is 2.26. The Bertz CT molecular complexity index is 1380. The predicted molar refractivity (Wildman–Crippen MR) is 131 cm³/mol. The molecule has 2 aromatic carbocycles. The maximum atomic E-state index is 13.4. The second kappa shape index (κ2) is 9.56. The van der Waals surface area contributed by atoms with Crippen molar-refractivity contribution in [1.29, 1.82) is 0 Å². The maximum Gasteiger partial charge on any atom is 0.303 e. The van der Waals surface area contributed by atoms with Gasteiger partial charge in [-0.2, -0.15) is 0 Å². The van der Waals surface area contributed by atoms with Crippen LogP contribution in [0.3, 0.4) is 0 Å². The fourth-order valence-corrected chi connectivity index (χ4v) is 5.85. The number of carboxylic acid groups (broad SMARTS) is 1. The molecule has 0 saturated carbocycles. The Morgan fingerprint density at radius 3 is 2.94 bits per heavy atom. The van der Waals surface area contributed by atoms with Crippen LogP contribution in [-0.2, 0) is 24.2 Å². The lowest BCUT2D eigenvalue weighted by molar-refractivity contribution is -0.138. The molecule has 1 aliphatic rings. The fraction of sp³-hybridized carbons (Fsp3) is 0.240. The summed E-state index contributed by atoms with van der Waals surface area (Å²) in [6, 6.07) is 11.6. The first-order chi connectivity index (χ1) is 16.5. The third kappa shape index (κ3) is 4.83. The van der Waals surface area contributed by atoms with Crippen LogP contribution in [0.25, 0.3) is 10.2 Å². The molecule has 0 saturated heterocycles. The zero-order valence-electron chi connectivity index (χ0n) is 18.1.